The Morgan fingerprint density at radius 3 is 2.55 bits per heavy atom. The smallest absolute Gasteiger partial charge is 0.269 e. The molecule has 0 spiro atoms. The van der Waals surface area contributed by atoms with Crippen LogP contribution in [0.25, 0.3) is 6.08 Å². The van der Waals surface area contributed by atoms with Crippen LogP contribution < -0.4 is 10.1 Å². The van der Waals surface area contributed by atoms with Crippen molar-refractivity contribution in [2.45, 2.75) is 6.61 Å². The first-order valence-corrected chi connectivity index (χ1v) is 11.6. The Morgan fingerprint density at radius 1 is 1.24 bits per heavy atom. The Kier molecular flexibility index (Phi) is 8.43. The molecular formula is C23H14BrClIN3O4. The number of non-ortho nitro benzene ring substituents is 1. The van der Waals surface area contributed by atoms with Crippen LogP contribution in [-0.2, 0) is 11.4 Å². The van der Waals surface area contributed by atoms with E-state index in [0.717, 1.165) is 9.13 Å². The number of nitro benzene ring substituents is 1. The van der Waals surface area contributed by atoms with Crippen LogP contribution in [-0.4, -0.2) is 10.8 Å². The second-order valence-electron chi connectivity index (χ2n) is 6.63. The van der Waals surface area contributed by atoms with E-state index in [4.69, 9.17) is 16.3 Å². The first-order chi connectivity index (χ1) is 15.8. The average molecular weight is 639 g/mol. The number of carbonyl (C=O) groups is 1. The number of para-hydroxylation sites is 1. The molecule has 0 aromatic heterocycles. The molecular weight excluding hydrogens is 625 g/mol. The molecule has 0 aliphatic carbocycles. The topological polar surface area (TPSA) is 105 Å². The van der Waals surface area contributed by atoms with E-state index in [2.05, 4.69) is 43.8 Å². The molecule has 3 aromatic carbocycles. The predicted octanol–water partition coefficient (Wildman–Crippen LogP) is 6.74. The monoisotopic (exact) mass is 637 g/mol. The lowest BCUT2D eigenvalue weighted by Gasteiger charge is -2.12. The summed E-state index contributed by atoms with van der Waals surface area (Å²) in [4.78, 5) is 22.8. The van der Waals surface area contributed by atoms with Crippen LogP contribution in [0.4, 0.5) is 11.4 Å². The van der Waals surface area contributed by atoms with Crippen molar-refractivity contribution in [3.8, 4) is 11.8 Å². The van der Waals surface area contributed by atoms with Crippen molar-refractivity contribution in [1.29, 1.82) is 5.26 Å². The van der Waals surface area contributed by atoms with E-state index in [9.17, 15) is 20.2 Å². The summed E-state index contributed by atoms with van der Waals surface area (Å²) < 4.78 is 7.26. The molecule has 33 heavy (non-hydrogen) atoms. The maximum absolute atomic E-state index is 12.5. The van der Waals surface area contributed by atoms with Crippen molar-refractivity contribution in [3.63, 3.8) is 0 Å². The van der Waals surface area contributed by atoms with Gasteiger partial charge in [0, 0.05) is 12.1 Å². The van der Waals surface area contributed by atoms with E-state index in [1.54, 1.807) is 48.5 Å². The van der Waals surface area contributed by atoms with Crippen molar-refractivity contribution < 1.29 is 14.5 Å². The Bertz CT molecular complexity index is 1270. The van der Waals surface area contributed by atoms with E-state index in [-0.39, 0.29) is 17.9 Å². The number of hydrogen-bond donors (Lipinski definition) is 1. The van der Waals surface area contributed by atoms with E-state index >= 15 is 0 Å². The van der Waals surface area contributed by atoms with Gasteiger partial charge in [-0.15, -0.1) is 0 Å². The maximum atomic E-state index is 12.5. The number of nitrogens with zero attached hydrogens (tertiary/aromatic N) is 2. The number of halogens is 3. The summed E-state index contributed by atoms with van der Waals surface area (Å²) in [6.45, 7) is 0.214. The van der Waals surface area contributed by atoms with E-state index in [1.807, 2.05) is 6.07 Å². The summed E-state index contributed by atoms with van der Waals surface area (Å²) in [5, 5.41) is 23.2. The third-order valence-corrected chi connectivity index (χ3v) is 6.07. The van der Waals surface area contributed by atoms with Crippen LogP contribution in [0.5, 0.6) is 5.75 Å². The Hall–Kier alpha value is -2.94. The number of nitriles is 1. The number of benzene rings is 3. The maximum Gasteiger partial charge on any atom is 0.269 e. The summed E-state index contributed by atoms with van der Waals surface area (Å²) in [5.74, 6) is 0.000331. The fourth-order valence-electron chi connectivity index (χ4n) is 2.74. The lowest BCUT2D eigenvalue weighted by molar-refractivity contribution is -0.384. The molecule has 0 unspecified atom stereocenters. The van der Waals surface area contributed by atoms with Crippen molar-refractivity contribution in [1.82, 2.24) is 0 Å². The molecule has 0 aliphatic heterocycles. The van der Waals surface area contributed by atoms with Crippen molar-refractivity contribution in [2.75, 3.05) is 5.32 Å². The van der Waals surface area contributed by atoms with Crippen LogP contribution in [0.3, 0.4) is 0 Å². The van der Waals surface area contributed by atoms with Crippen molar-refractivity contribution >= 4 is 73.5 Å². The number of amides is 1. The molecule has 10 heteroatoms. The normalized spacial score (nSPS) is 10.9. The van der Waals surface area contributed by atoms with Crippen molar-refractivity contribution in [2.24, 2.45) is 0 Å². The fraction of sp³-hybridized carbons (Fsp3) is 0.0435. The molecule has 0 bridgehead atoms. The van der Waals surface area contributed by atoms with Crippen LogP contribution >= 0.6 is 50.1 Å². The number of carbonyl (C=O) groups excluding carboxylic acids is 1. The predicted molar refractivity (Wildman–Crippen MR) is 138 cm³/mol. The minimum atomic E-state index is -0.574. The van der Waals surface area contributed by atoms with Gasteiger partial charge in [0.2, 0.25) is 0 Å². The first kappa shape index (κ1) is 24.7. The molecule has 0 atom stereocenters. The largest absolute Gasteiger partial charge is 0.487 e. The third-order valence-electron chi connectivity index (χ3n) is 4.35. The third kappa shape index (κ3) is 6.54. The summed E-state index contributed by atoms with van der Waals surface area (Å²) in [5.41, 5.74) is 1.74. The van der Waals surface area contributed by atoms with Gasteiger partial charge in [-0.05, 0) is 92.1 Å². The van der Waals surface area contributed by atoms with Gasteiger partial charge in [0.05, 0.1) is 23.7 Å². The van der Waals surface area contributed by atoms with Crippen LogP contribution in [0.2, 0.25) is 5.02 Å². The van der Waals surface area contributed by atoms with Gasteiger partial charge in [-0.1, -0.05) is 23.7 Å². The molecule has 3 rings (SSSR count). The van der Waals surface area contributed by atoms with E-state index in [0.29, 0.717) is 26.5 Å². The second-order valence-corrected chi connectivity index (χ2v) is 9.05. The summed E-state index contributed by atoms with van der Waals surface area (Å²) >= 11 is 11.6. The molecule has 3 aromatic rings. The summed E-state index contributed by atoms with van der Waals surface area (Å²) in [6, 6.07) is 18.3. The highest BCUT2D eigenvalue weighted by atomic mass is 127. The molecule has 0 saturated carbocycles. The highest BCUT2D eigenvalue weighted by Crippen LogP contribution is 2.33. The Labute approximate surface area is 216 Å². The standard InChI is InChI=1S/C23H14BrClIN3O4/c24-18-10-15(9-16(12-27)23(30)28-21-4-2-1-3-19(21)25)11-20(26)22(18)33-13-14-5-7-17(8-6-14)29(31)32/h1-11H,13H2,(H,28,30)/b16-9+. The second kappa shape index (κ2) is 11.3. The zero-order chi connectivity index (χ0) is 24.0. The van der Waals surface area contributed by atoms with E-state index < -0.39 is 10.8 Å². The van der Waals surface area contributed by atoms with Gasteiger partial charge in [0.15, 0.2) is 0 Å². The highest BCUT2D eigenvalue weighted by molar-refractivity contribution is 14.1. The molecule has 0 saturated heterocycles. The molecule has 0 aliphatic rings. The van der Waals surface area contributed by atoms with Gasteiger partial charge < -0.3 is 10.1 Å². The molecule has 7 nitrogen and oxygen atoms in total. The molecule has 1 amide bonds. The number of hydrogen-bond acceptors (Lipinski definition) is 5. The quantitative estimate of drug-likeness (QED) is 0.102. The highest BCUT2D eigenvalue weighted by Gasteiger charge is 2.14. The van der Waals surface area contributed by atoms with Crippen LogP contribution in [0.1, 0.15) is 11.1 Å². The molecule has 0 heterocycles. The van der Waals surface area contributed by atoms with Gasteiger partial charge in [-0.3, -0.25) is 14.9 Å². The van der Waals surface area contributed by atoms with Gasteiger partial charge in [-0.2, -0.15) is 5.26 Å². The molecule has 1 N–H and O–H groups in total. The van der Waals surface area contributed by atoms with Crippen molar-refractivity contribution in [3.05, 3.63) is 101 Å². The zero-order valence-electron chi connectivity index (χ0n) is 16.7. The first-order valence-electron chi connectivity index (χ1n) is 9.31. The number of ether oxygens (including phenoxy) is 1. The number of nitro groups is 1. The lowest BCUT2D eigenvalue weighted by Crippen LogP contribution is -2.13. The van der Waals surface area contributed by atoms with Crippen LogP contribution in [0, 0.1) is 25.0 Å². The summed E-state index contributed by atoms with van der Waals surface area (Å²) in [7, 11) is 0. The van der Waals surface area contributed by atoms with Gasteiger partial charge >= 0.3 is 0 Å². The summed E-state index contributed by atoms with van der Waals surface area (Å²) in [6.07, 6.45) is 1.47. The molecule has 166 valence electrons. The minimum absolute atomic E-state index is 0.0116. The Morgan fingerprint density at radius 2 is 1.94 bits per heavy atom. The van der Waals surface area contributed by atoms with Gasteiger partial charge in [0.1, 0.15) is 24.0 Å². The van der Waals surface area contributed by atoms with E-state index in [1.165, 1.54) is 18.2 Å². The fourth-order valence-corrected chi connectivity index (χ4v) is 4.69. The SMILES string of the molecule is N#C/C(=C\c1cc(Br)c(OCc2ccc([N+](=O)[O-])cc2)c(I)c1)C(=O)Nc1ccccc1Cl. The number of nitrogens with one attached hydrogen (secondary N) is 1. The zero-order valence-corrected chi connectivity index (χ0v) is 21.2. The van der Waals surface area contributed by atoms with Crippen LogP contribution in [0.15, 0.2) is 70.7 Å². The average Bonchev–Trinajstić information content (AvgIpc) is 2.78. The van der Waals surface area contributed by atoms with Gasteiger partial charge in [0.25, 0.3) is 11.6 Å². The molecule has 0 radical (unpaired) electrons. The lowest BCUT2D eigenvalue weighted by atomic mass is 10.1. The number of anilines is 1. The number of rotatable bonds is 7. The van der Waals surface area contributed by atoms with Gasteiger partial charge in [-0.25, -0.2) is 0 Å². The molecule has 0 fully saturated rings. The Balaban J connectivity index is 1.75. The minimum Gasteiger partial charge on any atom is -0.487 e.